The number of hydrogen-bond donors (Lipinski definition) is 1. The van der Waals surface area contributed by atoms with E-state index in [4.69, 9.17) is 19.6 Å². The van der Waals surface area contributed by atoms with Crippen molar-refractivity contribution in [2.24, 2.45) is 10.8 Å². The Bertz CT molecular complexity index is 1880. The van der Waals surface area contributed by atoms with Gasteiger partial charge in [-0.3, -0.25) is 19.7 Å². The van der Waals surface area contributed by atoms with Crippen molar-refractivity contribution in [3.8, 4) is 23.1 Å². The number of carbonyl (C=O) groups is 1. The first-order chi connectivity index (χ1) is 19.2. The number of furan rings is 1. The lowest BCUT2D eigenvalue weighted by atomic mass is 10.2. The summed E-state index contributed by atoms with van der Waals surface area (Å²) in [6, 6.07) is 16.6. The number of primary amides is 1. The summed E-state index contributed by atoms with van der Waals surface area (Å²) in [7, 11) is 0. The van der Waals surface area contributed by atoms with Gasteiger partial charge in [-0.2, -0.15) is 9.78 Å². The topological polar surface area (TPSA) is 165 Å². The van der Waals surface area contributed by atoms with Crippen LogP contribution in [-0.2, 0) is 4.79 Å². The van der Waals surface area contributed by atoms with E-state index in [1.54, 1.807) is 43.3 Å². The number of rotatable bonds is 9. The number of para-hydroxylation sites is 1. The number of nitrogens with two attached hydrogens (primary N) is 1. The van der Waals surface area contributed by atoms with E-state index in [1.165, 1.54) is 18.3 Å². The molecule has 0 unspecified atom stereocenters. The quantitative estimate of drug-likeness (QED) is 0.144. The van der Waals surface area contributed by atoms with Crippen molar-refractivity contribution in [1.29, 1.82) is 0 Å². The van der Waals surface area contributed by atoms with Gasteiger partial charge >= 0.3 is 5.69 Å². The normalized spacial score (nSPS) is 11.3. The number of hydrogen-bond acceptors (Lipinski definition) is 9. The Hall–Kier alpha value is -5.04. The second-order valence-electron chi connectivity index (χ2n) is 8.42. The van der Waals surface area contributed by atoms with Crippen LogP contribution in [0.1, 0.15) is 12.5 Å². The SMILES string of the molecule is CCOc1cc(C=Nn2c(-c3cc4cc(Br)ccc4o3)nc3ccccc3c2=O)cc([N+](=O)[O-])c1OCC(N)=O. The molecule has 2 heterocycles. The highest BCUT2D eigenvalue weighted by atomic mass is 79.9. The molecule has 0 fully saturated rings. The van der Waals surface area contributed by atoms with Gasteiger partial charge in [0.25, 0.3) is 11.5 Å². The van der Waals surface area contributed by atoms with Gasteiger partial charge in [0, 0.05) is 21.5 Å². The van der Waals surface area contributed by atoms with Gasteiger partial charge in [0.05, 0.1) is 28.6 Å². The van der Waals surface area contributed by atoms with Crippen LogP contribution in [0.4, 0.5) is 5.69 Å². The Kier molecular flexibility index (Phi) is 7.29. The summed E-state index contributed by atoms with van der Waals surface area (Å²) in [6.45, 7) is 1.26. The van der Waals surface area contributed by atoms with Crippen LogP contribution in [0.15, 0.2) is 79.4 Å². The Morgan fingerprint density at radius 3 is 2.75 bits per heavy atom. The average Bonchev–Trinajstić information content (AvgIpc) is 3.34. The molecule has 2 aromatic heterocycles. The maximum atomic E-state index is 13.5. The molecule has 40 heavy (non-hydrogen) atoms. The third-order valence-electron chi connectivity index (χ3n) is 5.69. The van der Waals surface area contributed by atoms with E-state index in [0.717, 1.165) is 14.5 Å². The Morgan fingerprint density at radius 1 is 1.20 bits per heavy atom. The number of fused-ring (bicyclic) bond motifs is 2. The number of ether oxygens (including phenoxy) is 2. The molecule has 1 amide bonds. The van der Waals surface area contributed by atoms with Crippen molar-refractivity contribution in [3.63, 3.8) is 0 Å². The third kappa shape index (κ3) is 5.27. The average molecular weight is 606 g/mol. The van der Waals surface area contributed by atoms with Crippen LogP contribution in [-0.4, -0.2) is 39.9 Å². The third-order valence-corrected chi connectivity index (χ3v) is 6.18. The fourth-order valence-corrected chi connectivity index (χ4v) is 4.39. The zero-order valence-corrected chi connectivity index (χ0v) is 22.5. The molecule has 0 saturated carbocycles. The molecule has 0 spiro atoms. The minimum absolute atomic E-state index is 0.00599. The lowest BCUT2D eigenvalue weighted by Gasteiger charge is -2.12. The molecule has 0 atom stereocenters. The van der Waals surface area contributed by atoms with Gasteiger partial charge in [-0.25, -0.2) is 4.98 Å². The number of amides is 1. The molecule has 5 rings (SSSR count). The number of aromatic nitrogens is 2. The molecule has 0 aliphatic heterocycles. The Morgan fingerprint density at radius 2 is 2.00 bits per heavy atom. The predicted octanol–water partition coefficient (Wildman–Crippen LogP) is 4.63. The summed E-state index contributed by atoms with van der Waals surface area (Å²) in [6.07, 6.45) is 1.26. The van der Waals surface area contributed by atoms with Crippen LogP contribution in [0.25, 0.3) is 33.5 Å². The zero-order valence-electron chi connectivity index (χ0n) is 20.9. The van der Waals surface area contributed by atoms with Gasteiger partial charge in [0.2, 0.25) is 11.6 Å². The fraction of sp³-hybridized carbons (Fsp3) is 0.111. The molecule has 13 heteroatoms. The highest BCUT2D eigenvalue weighted by Crippen LogP contribution is 2.38. The zero-order chi connectivity index (χ0) is 28.4. The molecule has 0 bridgehead atoms. The van der Waals surface area contributed by atoms with Crippen molar-refractivity contribution >= 4 is 55.6 Å². The number of carbonyl (C=O) groups excluding carboxylic acids is 1. The number of nitrogens with zero attached hydrogens (tertiary/aromatic N) is 4. The molecule has 0 radical (unpaired) electrons. The van der Waals surface area contributed by atoms with E-state index in [9.17, 15) is 19.7 Å². The van der Waals surface area contributed by atoms with Crippen LogP contribution in [0.2, 0.25) is 0 Å². The lowest BCUT2D eigenvalue weighted by Crippen LogP contribution is -2.21. The largest absolute Gasteiger partial charge is 0.490 e. The van der Waals surface area contributed by atoms with Crippen molar-refractivity contribution in [3.05, 3.63) is 91.2 Å². The van der Waals surface area contributed by atoms with Crippen LogP contribution in [0.3, 0.4) is 0 Å². The van der Waals surface area contributed by atoms with E-state index in [1.807, 2.05) is 12.1 Å². The molecule has 12 nitrogen and oxygen atoms in total. The second kappa shape index (κ2) is 11.0. The van der Waals surface area contributed by atoms with Gasteiger partial charge in [0.15, 0.2) is 18.1 Å². The first-order valence-electron chi connectivity index (χ1n) is 11.9. The molecule has 3 aromatic carbocycles. The standard InChI is InChI=1S/C27H20BrN5O7/c1-2-38-22-10-15(9-20(33(36)37)25(22)39-14-24(29)34)13-30-32-26(31-19-6-4-3-5-18(19)27(32)35)23-12-16-11-17(28)7-8-21(16)40-23/h3-13H,2,14H2,1H3,(H2,29,34). The monoisotopic (exact) mass is 605 g/mol. The van der Waals surface area contributed by atoms with E-state index in [-0.39, 0.29) is 29.5 Å². The van der Waals surface area contributed by atoms with Crippen LogP contribution >= 0.6 is 15.9 Å². The fourth-order valence-electron chi connectivity index (χ4n) is 4.01. The van der Waals surface area contributed by atoms with Crippen molar-refractivity contribution < 1.29 is 23.6 Å². The second-order valence-corrected chi connectivity index (χ2v) is 9.33. The van der Waals surface area contributed by atoms with Crippen LogP contribution < -0.4 is 20.8 Å². The molecule has 0 aliphatic carbocycles. The van der Waals surface area contributed by atoms with Crippen molar-refractivity contribution in [2.45, 2.75) is 6.92 Å². The highest BCUT2D eigenvalue weighted by molar-refractivity contribution is 9.10. The molecule has 0 saturated heterocycles. The van der Waals surface area contributed by atoms with Gasteiger partial charge in [-0.1, -0.05) is 28.1 Å². The van der Waals surface area contributed by atoms with Crippen LogP contribution in [0.5, 0.6) is 11.5 Å². The van der Waals surface area contributed by atoms with Crippen molar-refractivity contribution in [1.82, 2.24) is 9.66 Å². The first-order valence-corrected chi connectivity index (χ1v) is 12.7. The van der Waals surface area contributed by atoms with E-state index in [2.05, 4.69) is 26.0 Å². The van der Waals surface area contributed by atoms with Gasteiger partial charge in [-0.05, 0) is 49.4 Å². The highest BCUT2D eigenvalue weighted by Gasteiger charge is 2.23. The van der Waals surface area contributed by atoms with E-state index < -0.39 is 28.7 Å². The van der Waals surface area contributed by atoms with Crippen molar-refractivity contribution in [2.75, 3.05) is 13.2 Å². The number of halogens is 1. The summed E-state index contributed by atoms with van der Waals surface area (Å²) in [5.74, 6) is -0.624. The minimum atomic E-state index is -0.809. The molecule has 202 valence electrons. The molecular weight excluding hydrogens is 586 g/mol. The number of nitro groups is 1. The molecular formula is C27H20BrN5O7. The smallest absolute Gasteiger partial charge is 0.315 e. The molecule has 2 N–H and O–H groups in total. The molecule has 0 aliphatic rings. The van der Waals surface area contributed by atoms with Gasteiger partial charge < -0.3 is 19.6 Å². The first kappa shape index (κ1) is 26.6. The summed E-state index contributed by atoms with van der Waals surface area (Å²) in [5, 5.41) is 17.3. The summed E-state index contributed by atoms with van der Waals surface area (Å²) >= 11 is 3.44. The Labute approximate surface area is 233 Å². The van der Waals surface area contributed by atoms with Gasteiger partial charge in [0.1, 0.15) is 5.58 Å². The summed E-state index contributed by atoms with van der Waals surface area (Å²) < 4.78 is 18.7. The summed E-state index contributed by atoms with van der Waals surface area (Å²) in [5.41, 5.74) is 5.44. The summed E-state index contributed by atoms with van der Waals surface area (Å²) in [4.78, 5) is 40.5. The van der Waals surface area contributed by atoms with E-state index >= 15 is 0 Å². The lowest BCUT2D eigenvalue weighted by molar-refractivity contribution is -0.385. The maximum absolute atomic E-state index is 13.5. The Balaban J connectivity index is 1.67. The molecule has 5 aromatic rings. The van der Waals surface area contributed by atoms with Crippen LogP contribution in [0, 0.1) is 10.1 Å². The van der Waals surface area contributed by atoms with Gasteiger partial charge in [-0.15, -0.1) is 0 Å². The number of benzene rings is 3. The minimum Gasteiger partial charge on any atom is -0.490 e. The van der Waals surface area contributed by atoms with E-state index in [0.29, 0.717) is 22.2 Å². The maximum Gasteiger partial charge on any atom is 0.315 e. The number of nitro benzene ring substituents is 1. The predicted molar refractivity (Wildman–Crippen MR) is 151 cm³/mol.